The van der Waals surface area contributed by atoms with Crippen LogP contribution in [0.5, 0.6) is 0 Å². The molecule has 0 aliphatic carbocycles. The third-order valence-electron chi connectivity index (χ3n) is 2.28. The van der Waals surface area contributed by atoms with Crippen molar-refractivity contribution in [3.63, 3.8) is 0 Å². The molecule has 20 heavy (non-hydrogen) atoms. The number of carbonyl (C=O) groups is 1. The Kier molecular flexibility index (Phi) is 6.66. The molecule has 0 bridgehead atoms. The fraction of sp³-hybridized carbons (Fsp3) is 0.833. The number of carbonyl (C=O) groups excluding carboxylic acids is 1. The summed E-state index contributed by atoms with van der Waals surface area (Å²) in [5, 5.41) is 8.27. The molecule has 0 aromatic heterocycles. The molecule has 2 amide bonds. The SMILES string of the molecule is CC(C)CON=C1NC(=O)N[C@@H](NOCC(C)C)[C@@H]1F. The molecule has 116 valence electrons. The van der Waals surface area contributed by atoms with E-state index in [-0.39, 0.29) is 11.8 Å². The van der Waals surface area contributed by atoms with Crippen molar-refractivity contribution in [2.24, 2.45) is 17.0 Å². The lowest BCUT2D eigenvalue weighted by atomic mass is 10.2. The van der Waals surface area contributed by atoms with Crippen molar-refractivity contribution in [2.75, 3.05) is 13.2 Å². The summed E-state index contributed by atoms with van der Waals surface area (Å²) in [7, 11) is 0. The van der Waals surface area contributed by atoms with E-state index >= 15 is 0 Å². The summed E-state index contributed by atoms with van der Waals surface area (Å²) in [5.74, 6) is 0.388. The van der Waals surface area contributed by atoms with Crippen LogP contribution in [0, 0.1) is 11.8 Å². The molecular formula is C12H23FN4O3. The van der Waals surface area contributed by atoms with Crippen molar-refractivity contribution in [2.45, 2.75) is 40.0 Å². The summed E-state index contributed by atoms with van der Waals surface area (Å²) in [6.45, 7) is 8.56. The molecule has 0 saturated carbocycles. The normalized spacial score (nSPS) is 24.9. The first kappa shape index (κ1) is 16.6. The summed E-state index contributed by atoms with van der Waals surface area (Å²) in [4.78, 5) is 21.5. The maximum atomic E-state index is 14.1. The highest BCUT2D eigenvalue weighted by molar-refractivity contribution is 6.02. The minimum Gasteiger partial charge on any atom is -0.394 e. The minimum atomic E-state index is -1.58. The fourth-order valence-corrected chi connectivity index (χ4v) is 1.32. The Morgan fingerprint density at radius 2 is 1.95 bits per heavy atom. The molecule has 1 saturated heterocycles. The number of halogens is 1. The van der Waals surface area contributed by atoms with Crippen LogP contribution in [0.3, 0.4) is 0 Å². The van der Waals surface area contributed by atoms with Crippen LogP contribution in [0.1, 0.15) is 27.7 Å². The van der Waals surface area contributed by atoms with E-state index in [1.165, 1.54) is 0 Å². The van der Waals surface area contributed by atoms with E-state index < -0.39 is 18.4 Å². The molecule has 1 aliphatic heterocycles. The second kappa shape index (κ2) is 8.01. The molecule has 1 aliphatic rings. The number of hydrogen-bond acceptors (Lipinski definition) is 5. The van der Waals surface area contributed by atoms with Gasteiger partial charge in [-0.15, -0.1) is 0 Å². The quantitative estimate of drug-likeness (QED) is 0.614. The van der Waals surface area contributed by atoms with Crippen LogP contribution in [0.2, 0.25) is 0 Å². The number of rotatable bonds is 7. The Balaban J connectivity index is 2.52. The Morgan fingerprint density at radius 1 is 1.30 bits per heavy atom. The lowest BCUT2D eigenvalue weighted by Gasteiger charge is -2.28. The molecular weight excluding hydrogens is 267 g/mol. The molecule has 0 aromatic rings. The van der Waals surface area contributed by atoms with Gasteiger partial charge in [0.05, 0.1) is 6.61 Å². The first-order valence-corrected chi connectivity index (χ1v) is 6.69. The van der Waals surface area contributed by atoms with Gasteiger partial charge in [-0.2, -0.15) is 5.48 Å². The number of oxime groups is 1. The zero-order chi connectivity index (χ0) is 15.1. The van der Waals surface area contributed by atoms with Crippen LogP contribution in [-0.4, -0.2) is 37.4 Å². The van der Waals surface area contributed by atoms with Gasteiger partial charge in [-0.25, -0.2) is 9.18 Å². The summed E-state index contributed by atoms with van der Waals surface area (Å²) < 4.78 is 14.1. The molecule has 1 fully saturated rings. The molecule has 2 atom stereocenters. The predicted molar refractivity (Wildman–Crippen MR) is 72.5 cm³/mol. The number of alkyl halides is 1. The van der Waals surface area contributed by atoms with Gasteiger partial charge in [0.1, 0.15) is 12.8 Å². The monoisotopic (exact) mass is 290 g/mol. The van der Waals surface area contributed by atoms with E-state index in [2.05, 4.69) is 21.3 Å². The van der Waals surface area contributed by atoms with Gasteiger partial charge in [-0.1, -0.05) is 32.9 Å². The van der Waals surface area contributed by atoms with Gasteiger partial charge in [0.25, 0.3) is 0 Å². The van der Waals surface area contributed by atoms with Crippen molar-refractivity contribution in [3.05, 3.63) is 0 Å². The fourth-order valence-electron chi connectivity index (χ4n) is 1.32. The first-order valence-electron chi connectivity index (χ1n) is 6.69. The lowest BCUT2D eigenvalue weighted by Crippen LogP contribution is -2.64. The van der Waals surface area contributed by atoms with Crippen LogP contribution < -0.4 is 16.1 Å². The average molecular weight is 290 g/mol. The second-order valence-corrected chi connectivity index (χ2v) is 5.47. The third kappa shape index (κ3) is 5.70. The molecule has 8 heteroatoms. The molecule has 0 unspecified atom stereocenters. The summed E-state index contributed by atoms with van der Waals surface area (Å²) in [6.07, 6.45) is -2.57. The molecule has 1 heterocycles. The van der Waals surface area contributed by atoms with Crippen molar-refractivity contribution in [1.82, 2.24) is 16.1 Å². The van der Waals surface area contributed by atoms with Crippen LogP contribution in [-0.2, 0) is 9.68 Å². The predicted octanol–water partition coefficient (Wildman–Crippen LogP) is 1.13. The van der Waals surface area contributed by atoms with Gasteiger partial charge in [0, 0.05) is 0 Å². The van der Waals surface area contributed by atoms with E-state index in [0.717, 1.165) is 0 Å². The highest BCUT2D eigenvalue weighted by Crippen LogP contribution is 2.05. The second-order valence-electron chi connectivity index (χ2n) is 5.47. The molecule has 0 aromatic carbocycles. The lowest BCUT2D eigenvalue weighted by molar-refractivity contribution is -0.0178. The summed E-state index contributed by atoms with van der Waals surface area (Å²) in [5.41, 5.74) is 2.48. The van der Waals surface area contributed by atoms with Crippen molar-refractivity contribution >= 4 is 11.9 Å². The van der Waals surface area contributed by atoms with Crippen LogP contribution in [0.4, 0.5) is 9.18 Å². The molecule has 7 nitrogen and oxygen atoms in total. The van der Waals surface area contributed by atoms with Crippen molar-refractivity contribution in [3.8, 4) is 0 Å². The van der Waals surface area contributed by atoms with E-state index in [0.29, 0.717) is 19.1 Å². The van der Waals surface area contributed by atoms with E-state index in [4.69, 9.17) is 9.68 Å². The molecule has 0 spiro atoms. The zero-order valence-corrected chi connectivity index (χ0v) is 12.3. The average Bonchev–Trinajstić information content (AvgIpc) is 2.33. The van der Waals surface area contributed by atoms with E-state index in [1.807, 2.05) is 27.7 Å². The summed E-state index contributed by atoms with van der Waals surface area (Å²) >= 11 is 0. The number of amidine groups is 1. The van der Waals surface area contributed by atoms with Gasteiger partial charge in [0.15, 0.2) is 12.0 Å². The van der Waals surface area contributed by atoms with Gasteiger partial charge >= 0.3 is 6.03 Å². The van der Waals surface area contributed by atoms with E-state index in [9.17, 15) is 9.18 Å². The molecule has 3 N–H and O–H groups in total. The van der Waals surface area contributed by atoms with Gasteiger partial charge < -0.3 is 10.2 Å². The Morgan fingerprint density at radius 3 is 2.55 bits per heavy atom. The highest BCUT2D eigenvalue weighted by Gasteiger charge is 2.35. The van der Waals surface area contributed by atoms with Gasteiger partial charge in [0.2, 0.25) is 0 Å². The van der Waals surface area contributed by atoms with E-state index in [1.54, 1.807) is 0 Å². The van der Waals surface area contributed by atoms with Crippen molar-refractivity contribution < 1.29 is 18.9 Å². The number of hydrogen-bond donors (Lipinski definition) is 3. The number of nitrogens with one attached hydrogen (secondary N) is 3. The number of urea groups is 1. The number of nitrogens with zero attached hydrogens (tertiary/aromatic N) is 1. The Bertz CT molecular complexity index is 350. The standard InChI is InChI=1S/C12H23FN4O3/c1-7(2)5-19-16-10-9(13)11(15-12(18)14-10)17-20-6-8(3)4/h7-10,16H,5-6H2,1-4H3,(H2,14,15,17,18)/t9-,10-/m0/s1. The van der Waals surface area contributed by atoms with Crippen LogP contribution in [0.15, 0.2) is 5.16 Å². The topological polar surface area (TPSA) is 84.0 Å². The van der Waals surface area contributed by atoms with Crippen LogP contribution >= 0.6 is 0 Å². The van der Waals surface area contributed by atoms with Crippen molar-refractivity contribution in [1.29, 1.82) is 0 Å². The molecule has 1 rings (SSSR count). The molecule has 0 radical (unpaired) electrons. The largest absolute Gasteiger partial charge is 0.394 e. The van der Waals surface area contributed by atoms with Gasteiger partial charge in [-0.3, -0.25) is 10.2 Å². The van der Waals surface area contributed by atoms with Crippen LogP contribution in [0.25, 0.3) is 0 Å². The highest BCUT2D eigenvalue weighted by atomic mass is 19.1. The Hall–Kier alpha value is -1.41. The maximum Gasteiger partial charge on any atom is 0.321 e. The third-order valence-corrected chi connectivity index (χ3v) is 2.28. The zero-order valence-electron chi connectivity index (χ0n) is 12.3. The summed E-state index contributed by atoms with van der Waals surface area (Å²) in [6, 6.07) is -0.559. The van der Waals surface area contributed by atoms with Gasteiger partial charge in [-0.05, 0) is 11.8 Å². The minimum absolute atomic E-state index is 0.167. The number of hydroxylamine groups is 1. The number of amides is 2. The Labute approximate surface area is 118 Å². The maximum absolute atomic E-state index is 14.1. The first-order chi connectivity index (χ1) is 9.40. The smallest absolute Gasteiger partial charge is 0.321 e.